The first-order valence-electron chi connectivity index (χ1n) is 5.56. The molecule has 0 radical (unpaired) electrons. The second kappa shape index (κ2) is 8.07. The summed E-state index contributed by atoms with van der Waals surface area (Å²) in [6.45, 7) is 0. The second-order valence-electron chi connectivity index (χ2n) is 3.64. The molecule has 0 heterocycles. The Morgan fingerprint density at radius 3 is 1.20 bits per heavy atom. The van der Waals surface area contributed by atoms with Crippen LogP contribution in [0, 0.1) is 0 Å². The van der Waals surface area contributed by atoms with Crippen LogP contribution in [0.4, 0.5) is 0 Å². The van der Waals surface area contributed by atoms with Crippen molar-refractivity contribution in [2.24, 2.45) is 0 Å². The Kier molecular flexibility index (Phi) is 6.40. The van der Waals surface area contributed by atoms with Gasteiger partial charge in [0.15, 0.2) is 0 Å². The van der Waals surface area contributed by atoms with E-state index in [1.807, 2.05) is 12.1 Å². The van der Waals surface area contributed by atoms with Gasteiger partial charge in [0.2, 0.25) is 11.6 Å². The fraction of sp³-hybridized carbons (Fsp3) is 0. The van der Waals surface area contributed by atoms with Crippen molar-refractivity contribution in [2.75, 3.05) is 0 Å². The first-order chi connectivity index (χ1) is 9.52. The molecule has 20 heavy (non-hydrogen) atoms. The maximum Gasteiger partial charge on any atom is 0.692 e. The average molecular weight is 291 g/mol. The molecule has 0 bridgehead atoms. The number of carbonyl (C=O) groups excluding carboxylic acids is 2. The summed E-state index contributed by atoms with van der Waals surface area (Å²) in [6, 6.07) is 17.2. The van der Waals surface area contributed by atoms with Gasteiger partial charge in [-0.05, 0) is 0 Å². The molecule has 2 N–H and O–H groups in total. The lowest BCUT2D eigenvalue weighted by molar-refractivity contribution is 0.0817. The van der Waals surface area contributed by atoms with E-state index in [1.54, 1.807) is 48.5 Å². The van der Waals surface area contributed by atoms with Crippen molar-refractivity contribution in [3.63, 3.8) is 0 Å². The Morgan fingerprint density at radius 2 is 0.950 bits per heavy atom. The summed E-state index contributed by atoms with van der Waals surface area (Å²) < 4.78 is 8.70. The molecule has 2 rings (SSSR count). The Labute approximate surface area is 116 Å². The van der Waals surface area contributed by atoms with Crippen molar-refractivity contribution in [3.05, 3.63) is 71.8 Å². The number of hydrogen-bond donors (Lipinski definition) is 2. The van der Waals surface area contributed by atoms with Gasteiger partial charge in [-0.15, -0.1) is 9.79 Å². The maximum atomic E-state index is 11.8. The molecule has 0 atom stereocenters. The van der Waals surface area contributed by atoms with Gasteiger partial charge in [-0.2, -0.15) is 0 Å². The van der Waals surface area contributed by atoms with Crippen molar-refractivity contribution in [1.29, 1.82) is 0 Å². The third-order valence-corrected chi connectivity index (χ3v) is 2.28. The summed E-state index contributed by atoms with van der Waals surface area (Å²) in [4.78, 5) is 37.8. The molecular formula is C14H12O5P+. The second-order valence-corrected chi connectivity index (χ2v) is 4.15. The SMILES string of the molecule is O=C(C(=O)c1ccccc1)c1ccccc1.O=[P+](O)O. The van der Waals surface area contributed by atoms with E-state index in [1.165, 1.54) is 0 Å². The van der Waals surface area contributed by atoms with Gasteiger partial charge in [0.25, 0.3) is 0 Å². The molecule has 2 aromatic rings. The summed E-state index contributed by atoms with van der Waals surface area (Å²) in [5, 5.41) is 0. The lowest BCUT2D eigenvalue weighted by atomic mass is 10.0. The highest BCUT2D eigenvalue weighted by atomic mass is 31.1. The summed E-state index contributed by atoms with van der Waals surface area (Å²) in [5.41, 5.74) is 0.854. The molecule has 0 amide bonds. The van der Waals surface area contributed by atoms with Crippen LogP contribution in [0.25, 0.3) is 0 Å². The molecule has 0 unspecified atom stereocenters. The van der Waals surface area contributed by atoms with Gasteiger partial charge >= 0.3 is 8.25 Å². The van der Waals surface area contributed by atoms with Crippen LogP contribution in [0.5, 0.6) is 0 Å². The van der Waals surface area contributed by atoms with E-state index in [9.17, 15) is 9.59 Å². The van der Waals surface area contributed by atoms with Crippen LogP contribution in [-0.4, -0.2) is 21.4 Å². The average Bonchev–Trinajstić information content (AvgIpc) is 2.47. The van der Waals surface area contributed by atoms with E-state index in [0.717, 1.165) is 0 Å². The van der Waals surface area contributed by atoms with Gasteiger partial charge in [-0.25, -0.2) is 0 Å². The van der Waals surface area contributed by atoms with Crippen LogP contribution < -0.4 is 0 Å². The van der Waals surface area contributed by atoms with E-state index in [-0.39, 0.29) is 0 Å². The molecular weight excluding hydrogens is 279 g/mol. The van der Waals surface area contributed by atoms with Crippen LogP contribution in [0.3, 0.4) is 0 Å². The number of hydrogen-bond acceptors (Lipinski definition) is 3. The smallest absolute Gasteiger partial charge is 0.285 e. The zero-order chi connectivity index (χ0) is 15.0. The van der Waals surface area contributed by atoms with E-state index in [2.05, 4.69) is 0 Å². The van der Waals surface area contributed by atoms with Crippen LogP contribution in [0.1, 0.15) is 20.7 Å². The Balaban J connectivity index is 0.000000444. The molecule has 0 aliphatic carbocycles. The fourth-order valence-electron chi connectivity index (χ4n) is 1.44. The molecule has 0 spiro atoms. The zero-order valence-electron chi connectivity index (χ0n) is 10.3. The van der Waals surface area contributed by atoms with E-state index in [0.29, 0.717) is 11.1 Å². The third-order valence-electron chi connectivity index (χ3n) is 2.28. The molecule has 0 fully saturated rings. The summed E-state index contributed by atoms with van der Waals surface area (Å²) >= 11 is 0. The molecule has 5 nitrogen and oxygen atoms in total. The summed E-state index contributed by atoms with van der Waals surface area (Å²) in [7, 11) is -2.87. The molecule has 0 aromatic heterocycles. The highest BCUT2D eigenvalue weighted by Gasteiger charge is 2.16. The largest absolute Gasteiger partial charge is 0.692 e. The topological polar surface area (TPSA) is 91.7 Å². The molecule has 6 heteroatoms. The molecule has 2 aromatic carbocycles. The minimum atomic E-state index is -2.87. The monoisotopic (exact) mass is 291 g/mol. The van der Waals surface area contributed by atoms with Gasteiger partial charge in [0.1, 0.15) is 0 Å². The van der Waals surface area contributed by atoms with Gasteiger partial charge in [0.05, 0.1) is 0 Å². The number of Topliss-reactive ketones (excluding diaryl/α,β-unsaturated/α-hetero) is 2. The van der Waals surface area contributed by atoms with Crippen molar-refractivity contribution >= 4 is 19.8 Å². The fourth-order valence-corrected chi connectivity index (χ4v) is 1.44. The molecule has 102 valence electrons. The van der Waals surface area contributed by atoms with Crippen LogP contribution in [-0.2, 0) is 4.57 Å². The highest BCUT2D eigenvalue weighted by molar-refractivity contribution is 7.30. The number of rotatable bonds is 3. The van der Waals surface area contributed by atoms with Crippen molar-refractivity contribution in [3.8, 4) is 0 Å². The maximum absolute atomic E-state index is 11.8. The number of benzene rings is 2. The lowest BCUT2D eigenvalue weighted by Crippen LogP contribution is -2.14. The van der Waals surface area contributed by atoms with Gasteiger partial charge in [0, 0.05) is 15.7 Å². The first kappa shape index (κ1) is 15.9. The predicted octanol–water partition coefficient (Wildman–Crippen LogP) is 2.38. The van der Waals surface area contributed by atoms with Gasteiger partial charge < -0.3 is 0 Å². The molecule has 0 saturated carbocycles. The number of carbonyl (C=O) groups is 2. The van der Waals surface area contributed by atoms with Crippen molar-refractivity contribution < 1.29 is 23.9 Å². The standard InChI is InChI=1S/C14H10O2.HO3P/c15-13(11-7-3-1-4-8-11)14(16)12-9-5-2-6-10-12;1-4(2)3/h1-10H;(H-,1,2,3)/p+1. The van der Waals surface area contributed by atoms with Crippen molar-refractivity contribution in [1.82, 2.24) is 0 Å². The van der Waals surface area contributed by atoms with Gasteiger partial charge in [-0.3, -0.25) is 9.59 Å². The third kappa shape index (κ3) is 5.20. The summed E-state index contributed by atoms with van der Waals surface area (Å²) in [5.74, 6) is -0.932. The predicted molar refractivity (Wildman–Crippen MR) is 73.6 cm³/mol. The summed E-state index contributed by atoms with van der Waals surface area (Å²) in [6.07, 6.45) is 0. The highest BCUT2D eigenvalue weighted by Crippen LogP contribution is 2.07. The normalized spacial score (nSPS) is 9.10. The zero-order valence-corrected chi connectivity index (χ0v) is 11.2. The quantitative estimate of drug-likeness (QED) is 0.514. The van der Waals surface area contributed by atoms with E-state index >= 15 is 0 Å². The first-order valence-corrected chi connectivity index (χ1v) is 6.73. The minimum Gasteiger partial charge on any atom is -0.285 e. The van der Waals surface area contributed by atoms with E-state index < -0.39 is 19.8 Å². The van der Waals surface area contributed by atoms with Crippen LogP contribution >= 0.6 is 8.25 Å². The van der Waals surface area contributed by atoms with Gasteiger partial charge in [-0.1, -0.05) is 60.7 Å². The van der Waals surface area contributed by atoms with Crippen LogP contribution in [0.15, 0.2) is 60.7 Å². The van der Waals surface area contributed by atoms with Crippen LogP contribution in [0.2, 0.25) is 0 Å². The van der Waals surface area contributed by atoms with E-state index in [4.69, 9.17) is 14.4 Å². The van der Waals surface area contributed by atoms with Crippen molar-refractivity contribution in [2.45, 2.75) is 0 Å². The Morgan fingerprint density at radius 1 is 0.700 bits per heavy atom. The minimum absolute atomic E-state index is 0.427. The lowest BCUT2D eigenvalue weighted by Gasteiger charge is -1.99. The Hall–Kier alpha value is -2.20. The molecule has 0 aliphatic heterocycles. The molecule has 0 saturated heterocycles. The Bertz CT molecular complexity index is 542. The number of ketones is 2. The molecule has 0 aliphatic rings.